The number of ether oxygens (including phenoxy) is 1. The zero-order valence-electron chi connectivity index (χ0n) is 16.4. The Labute approximate surface area is 168 Å². The first-order valence-corrected chi connectivity index (χ1v) is 9.18. The second kappa shape index (κ2) is 8.43. The molecule has 0 bridgehead atoms. The molecule has 2 atom stereocenters. The summed E-state index contributed by atoms with van der Waals surface area (Å²) in [6.07, 6.45) is -6.10. The number of nitrogens with zero attached hydrogens (tertiary/aromatic N) is 1. The molecular formula is C19H20F7NO3. The molecule has 0 N–H and O–H groups in total. The highest BCUT2D eigenvalue weighted by molar-refractivity contribution is 5.96. The van der Waals surface area contributed by atoms with Crippen LogP contribution in [0.2, 0.25) is 0 Å². The quantitative estimate of drug-likeness (QED) is 0.360. The molecule has 1 aromatic carbocycles. The van der Waals surface area contributed by atoms with Crippen LogP contribution in [0.1, 0.15) is 52.0 Å². The molecule has 1 fully saturated rings. The summed E-state index contributed by atoms with van der Waals surface area (Å²) in [7, 11) is 0. The standard InChI is InChI=1S/C19H20F7NO3/c1-4-18(3)7-9(6-11(29)30-5-2)27(10(28)8-18)17-15(22)13(20)12(19(24,25)26)14(21)16(17)23/h9H,4-8H2,1-3H3. The summed E-state index contributed by atoms with van der Waals surface area (Å²) in [5, 5.41) is 0. The molecule has 1 heterocycles. The van der Waals surface area contributed by atoms with Crippen LogP contribution in [0.3, 0.4) is 0 Å². The van der Waals surface area contributed by atoms with Crippen LogP contribution in [0, 0.1) is 28.7 Å². The van der Waals surface area contributed by atoms with Crippen LogP contribution in [0.15, 0.2) is 0 Å². The highest BCUT2D eigenvalue weighted by Gasteiger charge is 2.47. The smallest absolute Gasteiger partial charge is 0.422 e. The van der Waals surface area contributed by atoms with Gasteiger partial charge in [0.25, 0.3) is 0 Å². The van der Waals surface area contributed by atoms with Gasteiger partial charge < -0.3 is 9.64 Å². The molecule has 2 unspecified atom stereocenters. The predicted molar refractivity (Wildman–Crippen MR) is 91.4 cm³/mol. The topological polar surface area (TPSA) is 46.6 Å². The monoisotopic (exact) mass is 443 g/mol. The molecule has 1 aliphatic rings. The fraction of sp³-hybridized carbons (Fsp3) is 0.579. The summed E-state index contributed by atoms with van der Waals surface area (Å²) in [5.74, 6) is -11.9. The first-order valence-electron chi connectivity index (χ1n) is 9.18. The van der Waals surface area contributed by atoms with Gasteiger partial charge in [-0.2, -0.15) is 13.2 Å². The fourth-order valence-electron chi connectivity index (χ4n) is 3.62. The molecule has 1 aliphatic heterocycles. The summed E-state index contributed by atoms with van der Waals surface area (Å²) in [6, 6.07) is -1.27. The minimum absolute atomic E-state index is 0.0111. The lowest BCUT2D eigenvalue weighted by atomic mass is 9.73. The number of carbonyl (C=O) groups excluding carboxylic acids is 2. The second-order valence-corrected chi connectivity index (χ2v) is 7.45. The number of halogens is 7. The van der Waals surface area contributed by atoms with Crippen molar-refractivity contribution in [2.24, 2.45) is 5.41 Å². The van der Waals surface area contributed by atoms with Gasteiger partial charge in [0.15, 0.2) is 23.3 Å². The lowest BCUT2D eigenvalue weighted by molar-refractivity contribution is -0.144. The maximum absolute atomic E-state index is 14.5. The number of carbonyl (C=O) groups is 2. The van der Waals surface area contributed by atoms with Crippen LogP contribution in [-0.4, -0.2) is 24.5 Å². The van der Waals surface area contributed by atoms with Crippen molar-refractivity contribution in [1.29, 1.82) is 0 Å². The molecule has 4 nitrogen and oxygen atoms in total. The van der Waals surface area contributed by atoms with Gasteiger partial charge in [-0.05, 0) is 18.8 Å². The van der Waals surface area contributed by atoms with E-state index in [0.29, 0.717) is 11.3 Å². The molecule has 0 aromatic heterocycles. The van der Waals surface area contributed by atoms with Crippen LogP contribution < -0.4 is 4.90 Å². The lowest BCUT2D eigenvalue weighted by Crippen LogP contribution is -2.51. The van der Waals surface area contributed by atoms with Crippen molar-refractivity contribution >= 4 is 17.6 Å². The number of alkyl halides is 3. The van der Waals surface area contributed by atoms with Crippen molar-refractivity contribution in [1.82, 2.24) is 0 Å². The first-order chi connectivity index (χ1) is 13.8. The summed E-state index contributed by atoms with van der Waals surface area (Å²) < 4.78 is 101. The van der Waals surface area contributed by atoms with E-state index in [0.717, 1.165) is 0 Å². The van der Waals surface area contributed by atoms with Gasteiger partial charge >= 0.3 is 12.1 Å². The van der Waals surface area contributed by atoms with Crippen LogP contribution in [0.5, 0.6) is 0 Å². The minimum atomic E-state index is -5.70. The Bertz CT molecular complexity index is 827. The van der Waals surface area contributed by atoms with Gasteiger partial charge in [0.05, 0.1) is 13.0 Å². The number of anilines is 1. The Morgan fingerprint density at radius 2 is 1.63 bits per heavy atom. The van der Waals surface area contributed by atoms with Crippen LogP contribution in [-0.2, 0) is 20.5 Å². The lowest BCUT2D eigenvalue weighted by Gasteiger charge is -2.44. The second-order valence-electron chi connectivity index (χ2n) is 7.45. The number of hydrogen-bond donors (Lipinski definition) is 0. The van der Waals surface area contributed by atoms with E-state index in [4.69, 9.17) is 4.74 Å². The largest absolute Gasteiger partial charge is 0.466 e. The van der Waals surface area contributed by atoms with E-state index in [9.17, 15) is 40.3 Å². The number of benzene rings is 1. The fourth-order valence-corrected chi connectivity index (χ4v) is 3.62. The normalized spacial score (nSPS) is 22.4. The van der Waals surface area contributed by atoms with Crippen molar-refractivity contribution in [3.05, 3.63) is 28.8 Å². The molecule has 1 amide bonds. The third kappa shape index (κ3) is 4.39. The highest BCUT2D eigenvalue weighted by Crippen LogP contribution is 2.45. The number of rotatable bonds is 5. The van der Waals surface area contributed by atoms with Gasteiger partial charge in [0, 0.05) is 12.5 Å². The summed E-state index contributed by atoms with van der Waals surface area (Å²) in [4.78, 5) is 25.0. The predicted octanol–water partition coefficient (Wildman–Crippen LogP) is 5.13. The molecule has 168 valence electrons. The Balaban J connectivity index is 2.66. The van der Waals surface area contributed by atoms with Crippen LogP contribution in [0.25, 0.3) is 0 Å². The summed E-state index contributed by atoms with van der Waals surface area (Å²) in [6.45, 7) is 4.89. The van der Waals surface area contributed by atoms with E-state index in [2.05, 4.69) is 0 Å². The van der Waals surface area contributed by atoms with Gasteiger partial charge in [0.2, 0.25) is 5.91 Å². The van der Waals surface area contributed by atoms with E-state index in [1.54, 1.807) is 13.8 Å². The van der Waals surface area contributed by atoms with Crippen molar-refractivity contribution in [3.8, 4) is 0 Å². The molecule has 11 heteroatoms. The number of piperidine rings is 1. The van der Waals surface area contributed by atoms with E-state index in [1.165, 1.54) is 6.92 Å². The zero-order chi connectivity index (χ0) is 23.0. The highest BCUT2D eigenvalue weighted by atomic mass is 19.4. The molecule has 0 radical (unpaired) electrons. The average molecular weight is 443 g/mol. The van der Waals surface area contributed by atoms with Crippen molar-refractivity contribution in [2.75, 3.05) is 11.5 Å². The van der Waals surface area contributed by atoms with Gasteiger partial charge in [-0.1, -0.05) is 20.3 Å². The third-order valence-corrected chi connectivity index (χ3v) is 5.27. The number of hydrogen-bond acceptors (Lipinski definition) is 3. The first kappa shape index (κ1) is 23.9. The van der Waals surface area contributed by atoms with Crippen LogP contribution in [0.4, 0.5) is 36.4 Å². The molecule has 1 saturated heterocycles. The van der Waals surface area contributed by atoms with Crippen molar-refractivity contribution in [3.63, 3.8) is 0 Å². The molecule has 0 spiro atoms. The Kier molecular flexibility index (Phi) is 6.72. The average Bonchev–Trinajstić information content (AvgIpc) is 2.61. The Hall–Kier alpha value is -2.33. The SMILES string of the molecule is CCOC(=O)CC1CC(C)(CC)CC(=O)N1c1c(F)c(F)c(C(F)(F)F)c(F)c1F. The van der Waals surface area contributed by atoms with Crippen molar-refractivity contribution in [2.45, 2.75) is 58.7 Å². The molecule has 0 aliphatic carbocycles. The number of esters is 1. The van der Waals surface area contributed by atoms with E-state index >= 15 is 0 Å². The van der Waals surface area contributed by atoms with E-state index in [-0.39, 0.29) is 19.4 Å². The summed E-state index contributed by atoms with van der Waals surface area (Å²) >= 11 is 0. The Morgan fingerprint density at radius 3 is 2.07 bits per heavy atom. The number of amides is 1. The molecule has 30 heavy (non-hydrogen) atoms. The third-order valence-electron chi connectivity index (χ3n) is 5.27. The van der Waals surface area contributed by atoms with Gasteiger partial charge in [-0.3, -0.25) is 9.59 Å². The maximum atomic E-state index is 14.5. The summed E-state index contributed by atoms with van der Waals surface area (Å²) in [5.41, 5.74) is -5.01. The molecule has 1 aromatic rings. The van der Waals surface area contributed by atoms with Gasteiger partial charge in [-0.25, -0.2) is 17.6 Å². The van der Waals surface area contributed by atoms with Gasteiger partial charge in [0.1, 0.15) is 11.3 Å². The zero-order valence-corrected chi connectivity index (χ0v) is 16.4. The van der Waals surface area contributed by atoms with Crippen molar-refractivity contribution < 1.29 is 45.1 Å². The van der Waals surface area contributed by atoms with Gasteiger partial charge in [-0.15, -0.1) is 0 Å². The molecule has 2 rings (SSSR count). The maximum Gasteiger partial charge on any atom is 0.422 e. The van der Waals surface area contributed by atoms with E-state index < -0.39 is 70.5 Å². The van der Waals surface area contributed by atoms with Crippen LogP contribution >= 0.6 is 0 Å². The molecule has 0 saturated carbocycles. The van der Waals surface area contributed by atoms with E-state index in [1.807, 2.05) is 0 Å². The Morgan fingerprint density at radius 1 is 1.10 bits per heavy atom. The minimum Gasteiger partial charge on any atom is -0.466 e. The molecular weight excluding hydrogens is 423 g/mol.